The molecule has 42 heavy (non-hydrogen) atoms. The van der Waals surface area contributed by atoms with Crippen LogP contribution < -0.4 is 15.0 Å². The van der Waals surface area contributed by atoms with E-state index in [1.807, 2.05) is 13.0 Å². The van der Waals surface area contributed by atoms with Crippen molar-refractivity contribution in [2.24, 2.45) is 0 Å². The highest BCUT2D eigenvalue weighted by atomic mass is 32.2. The van der Waals surface area contributed by atoms with E-state index in [1.165, 1.54) is 0 Å². The molecule has 1 aliphatic carbocycles. The number of alkyl halides is 2. The van der Waals surface area contributed by atoms with Gasteiger partial charge in [-0.2, -0.15) is 8.78 Å². The van der Waals surface area contributed by atoms with Gasteiger partial charge in [0, 0.05) is 23.9 Å². The predicted octanol–water partition coefficient (Wildman–Crippen LogP) is 5.01. The molecule has 2 aliphatic rings. The van der Waals surface area contributed by atoms with Crippen molar-refractivity contribution in [3.63, 3.8) is 0 Å². The molecule has 1 aromatic heterocycles. The third kappa shape index (κ3) is 6.85. The van der Waals surface area contributed by atoms with Crippen molar-refractivity contribution in [2.75, 3.05) is 42.3 Å². The summed E-state index contributed by atoms with van der Waals surface area (Å²) < 4.78 is 65.5. The van der Waals surface area contributed by atoms with Crippen LogP contribution in [-0.4, -0.2) is 69.3 Å². The minimum atomic E-state index is -3.73. The number of rotatable bonds is 11. The van der Waals surface area contributed by atoms with Crippen LogP contribution in [0, 0.1) is 0 Å². The number of benzene rings is 2. The van der Waals surface area contributed by atoms with Gasteiger partial charge in [-0.05, 0) is 62.6 Å². The summed E-state index contributed by atoms with van der Waals surface area (Å²) in [7, 11) is -3.73. The van der Waals surface area contributed by atoms with Gasteiger partial charge in [0.1, 0.15) is 16.3 Å². The molecule has 2 fully saturated rings. The topological polar surface area (TPSA) is 120 Å². The van der Waals surface area contributed by atoms with Gasteiger partial charge < -0.3 is 19.1 Å². The largest absolute Gasteiger partial charge is 0.417 e. The lowest BCUT2D eigenvalue weighted by Gasteiger charge is -2.34. The number of carbonyl (C=O) groups is 1. The molecule has 1 saturated heterocycles. The Balaban J connectivity index is 1.40. The van der Waals surface area contributed by atoms with Gasteiger partial charge in [-0.1, -0.05) is 18.2 Å². The molecule has 0 spiro atoms. The van der Waals surface area contributed by atoms with Crippen LogP contribution in [0.1, 0.15) is 31.9 Å². The number of aromatic nitrogens is 2. The zero-order valence-corrected chi connectivity index (χ0v) is 23.9. The van der Waals surface area contributed by atoms with Gasteiger partial charge in [0.15, 0.2) is 15.7 Å². The summed E-state index contributed by atoms with van der Waals surface area (Å²) in [4.78, 5) is 23.9. The first kappa shape index (κ1) is 29.8. The van der Waals surface area contributed by atoms with E-state index in [4.69, 9.17) is 19.4 Å². The maximum Gasteiger partial charge on any atom is 0.417 e. The Morgan fingerprint density at radius 3 is 2.55 bits per heavy atom. The number of amides is 1. The zero-order chi connectivity index (χ0) is 29.7. The lowest BCUT2D eigenvalue weighted by Crippen LogP contribution is -2.44. The molecule has 1 amide bonds. The van der Waals surface area contributed by atoms with Crippen molar-refractivity contribution in [2.45, 2.75) is 43.6 Å². The van der Waals surface area contributed by atoms with Crippen LogP contribution in [0.3, 0.4) is 0 Å². The summed E-state index contributed by atoms with van der Waals surface area (Å²) in [6, 6.07) is 17.2. The minimum absolute atomic E-state index is 0.00908. The van der Waals surface area contributed by atoms with Gasteiger partial charge >= 0.3 is 12.7 Å². The number of hydrogen-bond donors (Lipinski definition) is 1. The molecule has 1 aliphatic heterocycles. The Bertz CT molecular complexity index is 1490. The summed E-state index contributed by atoms with van der Waals surface area (Å²) in [5.41, 5.74) is 1.49. The molecule has 2 heterocycles. The van der Waals surface area contributed by atoms with Crippen LogP contribution in [0.2, 0.25) is 0 Å². The second-order valence-electron chi connectivity index (χ2n) is 10.3. The van der Waals surface area contributed by atoms with Crippen LogP contribution in [0.5, 0.6) is 5.75 Å². The zero-order valence-electron chi connectivity index (χ0n) is 23.0. The molecule has 3 aromatic rings. The summed E-state index contributed by atoms with van der Waals surface area (Å²) in [6.45, 7) is 0.295. The number of morpholine rings is 1. The first-order valence-corrected chi connectivity index (χ1v) is 15.3. The fourth-order valence-electron chi connectivity index (χ4n) is 4.91. The molecule has 13 heteroatoms. The fraction of sp³-hybridized carbons (Fsp3) is 0.414. The first-order chi connectivity index (χ1) is 20.2. The SMILES string of the molecule is CC1COCCN1c1cc(C2(S(=O)(=O)CCCOC(F)F)CC2)nc(-c2ccc(NC(=O)Oc3ccccc3)cc2)n1. The van der Waals surface area contributed by atoms with Gasteiger partial charge in [-0.3, -0.25) is 5.32 Å². The number of sulfone groups is 1. The summed E-state index contributed by atoms with van der Waals surface area (Å²) in [5, 5.41) is 2.67. The lowest BCUT2D eigenvalue weighted by atomic mass is 10.1. The fourth-order valence-corrected chi connectivity index (χ4v) is 6.95. The molecular weight excluding hydrogens is 570 g/mol. The van der Waals surface area contributed by atoms with Crippen LogP contribution >= 0.6 is 0 Å². The minimum Gasteiger partial charge on any atom is -0.410 e. The summed E-state index contributed by atoms with van der Waals surface area (Å²) in [5.74, 6) is 1.04. The molecule has 2 aromatic carbocycles. The maximum atomic E-state index is 13.4. The number of ether oxygens (including phenoxy) is 3. The molecule has 1 N–H and O–H groups in total. The lowest BCUT2D eigenvalue weighted by molar-refractivity contribution is -0.128. The third-order valence-corrected chi connectivity index (χ3v) is 9.92. The van der Waals surface area contributed by atoms with E-state index in [0.29, 0.717) is 66.9 Å². The van der Waals surface area contributed by atoms with E-state index < -0.39 is 27.3 Å². The van der Waals surface area contributed by atoms with Crippen molar-refractivity contribution in [3.8, 4) is 17.1 Å². The van der Waals surface area contributed by atoms with E-state index in [-0.39, 0.29) is 24.8 Å². The van der Waals surface area contributed by atoms with Gasteiger partial charge in [0.2, 0.25) is 0 Å². The Morgan fingerprint density at radius 1 is 1.14 bits per heavy atom. The molecule has 0 bridgehead atoms. The Kier molecular flexibility index (Phi) is 8.99. The van der Waals surface area contributed by atoms with Crippen LogP contribution in [0.4, 0.5) is 25.1 Å². The Morgan fingerprint density at radius 2 is 1.88 bits per heavy atom. The number of para-hydroxylation sites is 1. The molecule has 1 atom stereocenters. The standard InChI is InChI=1S/C29H32F2N4O6S/c1-20-19-39-16-14-35(20)25-18-24(29(12-13-29)42(37,38)17-5-15-40-27(30)31)33-26(34-25)21-8-10-22(11-9-21)32-28(36)41-23-6-3-2-4-7-23/h2-4,6-11,18,20,27H,5,12-17,19H2,1H3,(H,32,36). The van der Waals surface area contributed by atoms with Gasteiger partial charge in [0.25, 0.3) is 0 Å². The van der Waals surface area contributed by atoms with E-state index >= 15 is 0 Å². The molecular formula is C29H32F2N4O6S. The van der Waals surface area contributed by atoms with Gasteiger partial charge in [-0.15, -0.1) is 0 Å². The Labute approximate surface area is 242 Å². The first-order valence-electron chi connectivity index (χ1n) is 13.7. The van der Waals surface area contributed by atoms with E-state index in [2.05, 4.69) is 15.0 Å². The molecule has 10 nitrogen and oxygen atoms in total. The number of nitrogens with one attached hydrogen (secondary N) is 1. The molecule has 1 unspecified atom stereocenters. The maximum absolute atomic E-state index is 13.4. The van der Waals surface area contributed by atoms with Crippen LogP contribution in [-0.2, 0) is 24.1 Å². The average Bonchev–Trinajstić information content (AvgIpc) is 3.79. The van der Waals surface area contributed by atoms with Crippen molar-refractivity contribution in [1.82, 2.24) is 9.97 Å². The monoisotopic (exact) mass is 602 g/mol. The van der Waals surface area contributed by atoms with E-state index in [1.54, 1.807) is 54.6 Å². The smallest absolute Gasteiger partial charge is 0.410 e. The molecule has 5 rings (SSSR count). The molecule has 0 radical (unpaired) electrons. The highest BCUT2D eigenvalue weighted by molar-refractivity contribution is 7.92. The number of halogens is 2. The summed E-state index contributed by atoms with van der Waals surface area (Å²) in [6.07, 6.45) is 0.0781. The second kappa shape index (κ2) is 12.7. The highest BCUT2D eigenvalue weighted by Gasteiger charge is 2.57. The number of nitrogens with zero attached hydrogens (tertiary/aromatic N) is 3. The van der Waals surface area contributed by atoms with Crippen LogP contribution in [0.25, 0.3) is 11.4 Å². The second-order valence-corrected chi connectivity index (χ2v) is 12.7. The van der Waals surface area contributed by atoms with Crippen molar-refractivity contribution in [1.29, 1.82) is 0 Å². The normalized spacial score (nSPS) is 18.1. The predicted molar refractivity (Wildman–Crippen MR) is 152 cm³/mol. The molecule has 224 valence electrons. The van der Waals surface area contributed by atoms with E-state index in [9.17, 15) is 22.0 Å². The average molecular weight is 603 g/mol. The van der Waals surface area contributed by atoms with Crippen molar-refractivity contribution >= 4 is 27.4 Å². The molecule has 1 saturated carbocycles. The third-order valence-electron chi connectivity index (χ3n) is 7.29. The van der Waals surface area contributed by atoms with E-state index in [0.717, 1.165) is 0 Å². The van der Waals surface area contributed by atoms with Crippen molar-refractivity contribution < 1.29 is 36.2 Å². The van der Waals surface area contributed by atoms with Gasteiger partial charge in [0.05, 0.1) is 37.3 Å². The Hall–Kier alpha value is -3.68. The highest BCUT2D eigenvalue weighted by Crippen LogP contribution is 2.53. The van der Waals surface area contributed by atoms with Crippen molar-refractivity contribution in [3.05, 3.63) is 66.4 Å². The number of anilines is 2. The summed E-state index contributed by atoms with van der Waals surface area (Å²) >= 11 is 0. The van der Waals surface area contributed by atoms with Crippen LogP contribution in [0.15, 0.2) is 60.7 Å². The number of hydrogen-bond acceptors (Lipinski definition) is 9. The number of carbonyl (C=O) groups excluding carboxylic acids is 1. The van der Waals surface area contributed by atoms with Gasteiger partial charge in [-0.25, -0.2) is 23.2 Å². The quantitative estimate of drug-likeness (QED) is 0.302.